The van der Waals surface area contributed by atoms with Gasteiger partial charge in [-0.15, -0.1) is 0 Å². The number of carbonyl (C=O) groups excluding carboxylic acids is 1. The Morgan fingerprint density at radius 2 is 2.11 bits per heavy atom. The smallest absolute Gasteiger partial charge is 0.433 e. The highest BCUT2D eigenvalue weighted by Crippen LogP contribution is 2.31. The number of fused-ring (bicyclic) bond motifs is 1. The third-order valence-corrected chi connectivity index (χ3v) is 2.99. The van der Waals surface area contributed by atoms with E-state index in [-0.39, 0.29) is 5.92 Å². The van der Waals surface area contributed by atoms with Gasteiger partial charge in [-0.05, 0) is 38.3 Å². The molecule has 0 heterocycles. The van der Waals surface area contributed by atoms with Crippen LogP contribution in [0.3, 0.4) is 0 Å². The summed E-state index contributed by atoms with van der Waals surface area (Å²) in [5.41, 5.74) is 1.58. The Kier molecular flexibility index (Phi) is 3.71. The van der Waals surface area contributed by atoms with E-state index < -0.39 is 17.8 Å². The number of hydrogen-bond acceptors (Lipinski definition) is 3. The van der Waals surface area contributed by atoms with Gasteiger partial charge in [-0.3, -0.25) is 0 Å². The molecule has 1 aliphatic carbocycles. The second-order valence-corrected chi connectivity index (χ2v) is 5.75. The molecule has 2 rings (SSSR count). The normalized spacial score (nSPS) is 22.5. The maximum Gasteiger partial charge on any atom is 0.433 e. The Hall–Kier alpha value is -1.68. The highest BCUT2D eigenvalue weighted by Gasteiger charge is 2.29. The van der Waals surface area contributed by atoms with Gasteiger partial charge in [-0.25, -0.2) is 4.79 Å². The van der Waals surface area contributed by atoms with Gasteiger partial charge in [0.2, 0.25) is 0 Å². The molecule has 4 heteroatoms. The van der Waals surface area contributed by atoms with Crippen LogP contribution >= 0.6 is 0 Å². The Morgan fingerprint density at radius 3 is 2.79 bits per heavy atom. The van der Waals surface area contributed by atoms with Gasteiger partial charge >= 0.3 is 6.09 Å². The van der Waals surface area contributed by atoms with Gasteiger partial charge in [-0.2, -0.15) is 4.99 Å². The van der Waals surface area contributed by atoms with E-state index in [4.69, 9.17) is 4.74 Å². The number of nitrogens with zero attached hydrogens (tertiary/aromatic N) is 1. The third kappa shape index (κ3) is 3.41. The first-order valence-corrected chi connectivity index (χ1v) is 6.40. The molecule has 2 atom stereocenters. The van der Waals surface area contributed by atoms with Gasteiger partial charge in [0.15, 0.2) is 0 Å². The summed E-state index contributed by atoms with van der Waals surface area (Å²) >= 11 is 0. The lowest BCUT2D eigenvalue weighted by atomic mass is 10.0. The van der Waals surface area contributed by atoms with Gasteiger partial charge < -0.3 is 9.84 Å². The first-order valence-electron chi connectivity index (χ1n) is 6.40. The zero-order chi connectivity index (χ0) is 14.0. The van der Waals surface area contributed by atoms with Crippen molar-refractivity contribution in [2.75, 3.05) is 0 Å². The van der Waals surface area contributed by atoms with Crippen LogP contribution < -0.4 is 0 Å². The van der Waals surface area contributed by atoms with Gasteiger partial charge in [0.25, 0.3) is 0 Å². The molecule has 1 aliphatic rings. The number of amides is 1. The van der Waals surface area contributed by atoms with Gasteiger partial charge in [0, 0.05) is 12.1 Å². The summed E-state index contributed by atoms with van der Waals surface area (Å²) in [6.07, 6.45) is 0.943. The molecule has 0 saturated heterocycles. The van der Waals surface area contributed by atoms with Crippen molar-refractivity contribution in [2.24, 2.45) is 4.99 Å². The Balaban J connectivity index is 2.09. The number of hydrogen-bond donors (Lipinski definition) is 1. The van der Waals surface area contributed by atoms with Crippen LogP contribution in [-0.2, 0) is 11.2 Å². The highest BCUT2D eigenvalue weighted by atomic mass is 16.6. The van der Waals surface area contributed by atoms with E-state index in [2.05, 4.69) is 4.99 Å². The zero-order valence-corrected chi connectivity index (χ0v) is 11.5. The molecule has 4 nitrogen and oxygen atoms in total. The van der Waals surface area contributed by atoms with Crippen LogP contribution in [0.1, 0.15) is 37.8 Å². The van der Waals surface area contributed by atoms with E-state index in [0.717, 1.165) is 11.1 Å². The van der Waals surface area contributed by atoms with Crippen LogP contribution in [0, 0.1) is 0 Å². The van der Waals surface area contributed by atoms with E-state index in [1.807, 2.05) is 24.3 Å². The molecule has 0 bridgehead atoms. The number of ether oxygens (including phenoxy) is 1. The molecule has 1 N–H and O–H groups in total. The van der Waals surface area contributed by atoms with E-state index in [1.54, 1.807) is 20.8 Å². The van der Waals surface area contributed by atoms with Crippen molar-refractivity contribution in [3.8, 4) is 0 Å². The first-order chi connectivity index (χ1) is 8.87. The standard InChI is InChI=1S/C15H19NO3/c1-15(2,3)19-14(18)16-9-12-11-7-5-4-6-10(11)8-13(12)17/h4-7,9,12-13,17H,8H2,1-3H3/t12?,13-/m0/s1. The second kappa shape index (κ2) is 5.13. The van der Waals surface area contributed by atoms with Crippen molar-refractivity contribution in [2.45, 2.75) is 44.8 Å². The summed E-state index contributed by atoms with van der Waals surface area (Å²) in [4.78, 5) is 15.3. The van der Waals surface area contributed by atoms with Crippen molar-refractivity contribution < 1.29 is 14.6 Å². The molecule has 0 saturated carbocycles. The summed E-state index contributed by atoms with van der Waals surface area (Å²) < 4.78 is 5.10. The topological polar surface area (TPSA) is 58.9 Å². The molecule has 1 aromatic rings. The van der Waals surface area contributed by atoms with Crippen molar-refractivity contribution in [1.29, 1.82) is 0 Å². The minimum Gasteiger partial charge on any atom is -0.442 e. The van der Waals surface area contributed by atoms with E-state index >= 15 is 0 Å². The minimum atomic E-state index is -0.621. The highest BCUT2D eigenvalue weighted by molar-refractivity contribution is 5.83. The molecule has 1 amide bonds. The van der Waals surface area contributed by atoms with Crippen LogP contribution in [0.25, 0.3) is 0 Å². The average Bonchev–Trinajstić information content (AvgIpc) is 2.60. The SMILES string of the molecule is CC(C)(C)OC(=O)N=CC1c2ccccc2C[C@@H]1O. The summed E-state index contributed by atoms with van der Waals surface area (Å²) in [6, 6.07) is 7.81. The summed E-state index contributed by atoms with van der Waals surface area (Å²) in [5.74, 6) is -0.233. The molecule has 0 radical (unpaired) electrons. The summed E-state index contributed by atoms with van der Waals surface area (Å²) in [7, 11) is 0. The minimum absolute atomic E-state index is 0.233. The fraction of sp³-hybridized carbons (Fsp3) is 0.467. The summed E-state index contributed by atoms with van der Waals surface area (Å²) in [5, 5.41) is 10.0. The van der Waals surface area contributed by atoms with Crippen LogP contribution in [-0.4, -0.2) is 29.1 Å². The van der Waals surface area contributed by atoms with Gasteiger partial charge in [-0.1, -0.05) is 24.3 Å². The molecule has 1 unspecified atom stereocenters. The molecule has 1 aromatic carbocycles. The molecule has 0 aromatic heterocycles. The molecule has 102 valence electrons. The Bertz CT molecular complexity index is 502. The average molecular weight is 261 g/mol. The van der Waals surface area contributed by atoms with Crippen molar-refractivity contribution in [3.05, 3.63) is 35.4 Å². The van der Waals surface area contributed by atoms with Crippen molar-refractivity contribution in [3.63, 3.8) is 0 Å². The fourth-order valence-electron chi connectivity index (χ4n) is 2.21. The lowest BCUT2D eigenvalue weighted by molar-refractivity contribution is 0.0604. The van der Waals surface area contributed by atoms with Crippen LogP contribution in [0.15, 0.2) is 29.3 Å². The molecule has 19 heavy (non-hydrogen) atoms. The number of aliphatic imine (C=N–C) groups is 1. The van der Waals surface area contributed by atoms with Crippen molar-refractivity contribution in [1.82, 2.24) is 0 Å². The third-order valence-electron chi connectivity index (χ3n) is 2.99. The maximum atomic E-state index is 11.5. The number of aliphatic hydroxyl groups is 1. The summed E-state index contributed by atoms with van der Waals surface area (Å²) in [6.45, 7) is 5.38. The second-order valence-electron chi connectivity index (χ2n) is 5.75. The maximum absolute atomic E-state index is 11.5. The molecule has 0 spiro atoms. The van der Waals surface area contributed by atoms with Crippen molar-refractivity contribution >= 4 is 12.3 Å². The first kappa shape index (κ1) is 13.7. The quantitative estimate of drug-likeness (QED) is 0.791. The number of rotatable bonds is 1. The number of carbonyl (C=O) groups is 1. The monoisotopic (exact) mass is 261 g/mol. The lowest BCUT2D eigenvalue weighted by Crippen LogP contribution is -2.22. The number of benzene rings is 1. The van der Waals surface area contributed by atoms with E-state index in [1.165, 1.54) is 6.21 Å². The zero-order valence-electron chi connectivity index (χ0n) is 11.5. The molecular weight excluding hydrogens is 242 g/mol. The Morgan fingerprint density at radius 1 is 1.42 bits per heavy atom. The van der Waals surface area contributed by atoms with Crippen LogP contribution in [0.4, 0.5) is 4.79 Å². The van der Waals surface area contributed by atoms with Gasteiger partial charge in [0.05, 0.1) is 6.10 Å². The van der Waals surface area contributed by atoms with Crippen LogP contribution in [0.2, 0.25) is 0 Å². The fourth-order valence-corrected chi connectivity index (χ4v) is 2.21. The predicted octanol–water partition coefficient (Wildman–Crippen LogP) is 2.69. The lowest BCUT2D eigenvalue weighted by Gasteiger charge is -2.17. The Labute approximate surface area is 113 Å². The molecule has 0 fully saturated rings. The predicted molar refractivity (Wildman–Crippen MR) is 73.6 cm³/mol. The molecular formula is C15H19NO3. The van der Waals surface area contributed by atoms with E-state index in [0.29, 0.717) is 6.42 Å². The molecule has 0 aliphatic heterocycles. The number of aliphatic hydroxyl groups excluding tert-OH is 1. The van der Waals surface area contributed by atoms with E-state index in [9.17, 15) is 9.90 Å². The largest absolute Gasteiger partial charge is 0.442 e. The van der Waals surface area contributed by atoms with Crippen LogP contribution in [0.5, 0.6) is 0 Å². The van der Waals surface area contributed by atoms with Gasteiger partial charge in [0.1, 0.15) is 5.60 Å².